The van der Waals surface area contributed by atoms with E-state index < -0.39 is 29.5 Å². The first-order valence-corrected chi connectivity index (χ1v) is 5.92. The molecule has 1 heterocycles. The maximum absolute atomic E-state index is 13.0. The Morgan fingerprint density at radius 3 is 2.10 bits per heavy atom. The lowest BCUT2D eigenvalue weighted by molar-refractivity contribution is -0.143. The highest BCUT2D eigenvalue weighted by molar-refractivity contribution is 5.85. The highest BCUT2D eigenvalue weighted by Gasteiger charge is 2.39. The van der Waals surface area contributed by atoms with E-state index >= 15 is 0 Å². The van der Waals surface area contributed by atoms with E-state index in [4.69, 9.17) is 0 Å². The Balaban J connectivity index is 0.00000220. The third-order valence-electron chi connectivity index (χ3n) is 3.10. The molecule has 0 bridgehead atoms. The highest BCUT2D eigenvalue weighted by Crippen LogP contribution is 2.39. The highest BCUT2D eigenvalue weighted by atomic mass is 35.5. The van der Waals surface area contributed by atoms with E-state index in [1.165, 1.54) is 0 Å². The van der Waals surface area contributed by atoms with E-state index in [9.17, 15) is 26.3 Å². The van der Waals surface area contributed by atoms with Gasteiger partial charge in [0.1, 0.15) is 0 Å². The van der Waals surface area contributed by atoms with Crippen molar-refractivity contribution >= 4 is 12.4 Å². The van der Waals surface area contributed by atoms with Crippen LogP contribution in [0.2, 0.25) is 0 Å². The van der Waals surface area contributed by atoms with Crippen molar-refractivity contribution in [1.82, 2.24) is 10.6 Å². The average Bonchev–Trinajstić information content (AvgIpc) is 2.37. The molecule has 1 saturated heterocycles. The normalized spacial score (nSPS) is 20.0. The summed E-state index contributed by atoms with van der Waals surface area (Å²) < 4.78 is 76.5. The SMILES string of the molecule is Cl.FC(F)(F)c1ccc([C@@H]2CNCCN2)c(C(F)(F)F)c1. The molecule has 0 amide bonds. The summed E-state index contributed by atoms with van der Waals surface area (Å²) in [5, 5.41) is 5.77. The zero-order chi connectivity index (χ0) is 15.0. The molecule has 1 fully saturated rings. The van der Waals surface area contributed by atoms with Gasteiger partial charge in [-0.25, -0.2) is 0 Å². The molecule has 2 N–H and O–H groups in total. The molecule has 0 unspecified atom stereocenters. The number of benzene rings is 1. The van der Waals surface area contributed by atoms with Crippen LogP contribution in [0, 0.1) is 0 Å². The van der Waals surface area contributed by atoms with Gasteiger partial charge in [0.2, 0.25) is 0 Å². The van der Waals surface area contributed by atoms with Gasteiger partial charge in [-0.15, -0.1) is 12.4 Å². The zero-order valence-corrected chi connectivity index (χ0v) is 11.4. The fraction of sp³-hybridized carbons (Fsp3) is 0.500. The van der Waals surface area contributed by atoms with Gasteiger partial charge < -0.3 is 10.6 Å². The van der Waals surface area contributed by atoms with Crippen LogP contribution in [0.5, 0.6) is 0 Å². The summed E-state index contributed by atoms with van der Waals surface area (Å²) in [6, 6.07) is 1.10. The quantitative estimate of drug-likeness (QED) is 0.769. The number of halogens is 7. The predicted molar refractivity (Wildman–Crippen MR) is 67.3 cm³/mol. The van der Waals surface area contributed by atoms with Crippen molar-refractivity contribution < 1.29 is 26.3 Å². The molecule has 1 aliphatic heterocycles. The molecule has 0 aliphatic carbocycles. The molecule has 120 valence electrons. The fourth-order valence-electron chi connectivity index (χ4n) is 2.16. The van der Waals surface area contributed by atoms with Crippen LogP contribution in [0.1, 0.15) is 22.7 Å². The summed E-state index contributed by atoms with van der Waals surface area (Å²) >= 11 is 0. The van der Waals surface area contributed by atoms with Crippen molar-refractivity contribution in [3.05, 3.63) is 34.9 Å². The smallest absolute Gasteiger partial charge is 0.314 e. The van der Waals surface area contributed by atoms with Crippen molar-refractivity contribution in [3.63, 3.8) is 0 Å². The molecular weight excluding hydrogens is 322 g/mol. The predicted octanol–water partition coefficient (Wildman–Crippen LogP) is 3.38. The molecule has 0 spiro atoms. The lowest BCUT2D eigenvalue weighted by atomic mass is 9.96. The summed E-state index contributed by atoms with van der Waals surface area (Å²) in [5.74, 6) is 0. The van der Waals surface area contributed by atoms with E-state index in [1.54, 1.807) is 0 Å². The van der Waals surface area contributed by atoms with Crippen LogP contribution < -0.4 is 10.6 Å². The van der Waals surface area contributed by atoms with Crippen molar-refractivity contribution in [2.75, 3.05) is 19.6 Å². The lowest BCUT2D eigenvalue weighted by Crippen LogP contribution is -2.43. The number of alkyl halides is 6. The van der Waals surface area contributed by atoms with Gasteiger partial charge >= 0.3 is 12.4 Å². The largest absolute Gasteiger partial charge is 0.416 e. The minimum absolute atomic E-state index is 0. The van der Waals surface area contributed by atoms with Gasteiger partial charge in [0, 0.05) is 25.7 Å². The summed E-state index contributed by atoms with van der Waals surface area (Å²) in [7, 11) is 0. The Hall–Kier alpha value is -0.990. The monoisotopic (exact) mass is 334 g/mol. The fourth-order valence-corrected chi connectivity index (χ4v) is 2.16. The molecule has 1 aliphatic rings. The first kappa shape index (κ1) is 18.1. The summed E-state index contributed by atoms with van der Waals surface area (Å²) in [6.07, 6.45) is -9.62. The van der Waals surface area contributed by atoms with Gasteiger partial charge in [-0.2, -0.15) is 26.3 Å². The van der Waals surface area contributed by atoms with Crippen LogP contribution in [0.15, 0.2) is 18.2 Å². The van der Waals surface area contributed by atoms with Crippen LogP contribution in [-0.4, -0.2) is 19.6 Å². The number of rotatable bonds is 1. The van der Waals surface area contributed by atoms with Gasteiger partial charge in [0.05, 0.1) is 11.1 Å². The van der Waals surface area contributed by atoms with Crippen molar-refractivity contribution in [2.24, 2.45) is 0 Å². The van der Waals surface area contributed by atoms with Crippen LogP contribution in [0.25, 0.3) is 0 Å². The number of hydrogen-bond acceptors (Lipinski definition) is 2. The molecule has 0 aromatic heterocycles. The maximum Gasteiger partial charge on any atom is 0.416 e. The molecular formula is C12H13ClF6N2. The summed E-state index contributed by atoms with van der Waals surface area (Å²) in [6.45, 7) is 1.32. The number of nitrogens with one attached hydrogen (secondary N) is 2. The standard InChI is InChI=1S/C12H12F6N2.ClH/c13-11(14,15)7-1-2-8(9(5-7)12(16,17)18)10-6-19-3-4-20-10;/h1-2,5,10,19-20H,3-4,6H2;1H/t10-;/m0./s1. The Labute approximate surface area is 123 Å². The van der Waals surface area contributed by atoms with E-state index in [1.807, 2.05) is 0 Å². The van der Waals surface area contributed by atoms with Crippen molar-refractivity contribution in [2.45, 2.75) is 18.4 Å². The van der Waals surface area contributed by atoms with Gasteiger partial charge in [0.15, 0.2) is 0 Å². The van der Waals surface area contributed by atoms with E-state index in [0.29, 0.717) is 19.2 Å². The first-order chi connectivity index (χ1) is 9.19. The molecule has 1 atom stereocenters. The van der Waals surface area contributed by atoms with E-state index in [2.05, 4.69) is 10.6 Å². The molecule has 21 heavy (non-hydrogen) atoms. The Kier molecular flexibility index (Phi) is 5.51. The lowest BCUT2D eigenvalue weighted by Gasteiger charge is -2.27. The number of piperazine rings is 1. The Morgan fingerprint density at radius 1 is 0.952 bits per heavy atom. The minimum Gasteiger partial charge on any atom is -0.314 e. The van der Waals surface area contributed by atoms with Crippen LogP contribution >= 0.6 is 12.4 Å². The van der Waals surface area contributed by atoms with Crippen molar-refractivity contribution in [3.8, 4) is 0 Å². The second kappa shape index (κ2) is 6.41. The Bertz CT molecular complexity index is 480. The molecule has 0 saturated carbocycles. The topological polar surface area (TPSA) is 24.1 Å². The van der Waals surface area contributed by atoms with Crippen LogP contribution in [0.3, 0.4) is 0 Å². The van der Waals surface area contributed by atoms with Crippen molar-refractivity contribution in [1.29, 1.82) is 0 Å². The van der Waals surface area contributed by atoms with Gasteiger partial charge in [-0.05, 0) is 17.7 Å². The average molecular weight is 335 g/mol. The van der Waals surface area contributed by atoms with Crippen LogP contribution in [0.4, 0.5) is 26.3 Å². The summed E-state index contributed by atoms with van der Waals surface area (Å²) in [5.41, 5.74) is -2.71. The molecule has 2 nitrogen and oxygen atoms in total. The molecule has 1 aromatic rings. The summed E-state index contributed by atoms with van der Waals surface area (Å²) in [4.78, 5) is 0. The van der Waals surface area contributed by atoms with E-state index in [0.717, 1.165) is 6.07 Å². The Morgan fingerprint density at radius 2 is 1.62 bits per heavy atom. The minimum atomic E-state index is -4.82. The van der Waals surface area contributed by atoms with Gasteiger partial charge in [-0.3, -0.25) is 0 Å². The second-order valence-electron chi connectivity index (χ2n) is 4.51. The zero-order valence-electron chi connectivity index (χ0n) is 10.6. The third kappa shape index (κ3) is 4.24. The van der Waals surface area contributed by atoms with Gasteiger partial charge in [0.25, 0.3) is 0 Å². The molecule has 2 rings (SSSR count). The number of hydrogen-bond donors (Lipinski definition) is 2. The molecule has 9 heteroatoms. The molecule has 0 radical (unpaired) electrons. The maximum atomic E-state index is 13.0. The second-order valence-corrected chi connectivity index (χ2v) is 4.51. The van der Waals surface area contributed by atoms with E-state index in [-0.39, 0.29) is 30.6 Å². The van der Waals surface area contributed by atoms with Gasteiger partial charge in [-0.1, -0.05) is 6.07 Å². The molecule has 1 aromatic carbocycles. The third-order valence-corrected chi connectivity index (χ3v) is 3.10. The van der Waals surface area contributed by atoms with Crippen LogP contribution in [-0.2, 0) is 12.4 Å². The first-order valence-electron chi connectivity index (χ1n) is 5.92.